The standard InChI is InChI=1S/C15H25FN2/c1-4-6-12(2)18(3)10-9-15(17)13-7-5-8-14(16)11-13/h5,7-8,11-12,15H,4,6,9-10,17H2,1-3H3. The van der Waals surface area contributed by atoms with Crippen LogP contribution in [0.5, 0.6) is 0 Å². The molecule has 2 N–H and O–H groups in total. The molecule has 1 rings (SSSR count). The Bertz CT molecular complexity index is 354. The van der Waals surface area contributed by atoms with Crippen LogP contribution >= 0.6 is 0 Å². The normalized spacial score (nSPS) is 14.8. The highest BCUT2D eigenvalue weighted by Crippen LogP contribution is 2.16. The highest BCUT2D eigenvalue weighted by Gasteiger charge is 2.11. The van der Waals surface area contributed by atoms with E-state index in [4.69, 9.17) is 5.73 Å². The Morgan fingerprint density at radius 3 is 2.67 bits per heavy atom. The average Bonchev–Trinajstić information content (AvgIpc) is 2.35. The SMILES string of the molecule is CCCC(C)N(C)CCC(N)c1cccc(F)c1. The Morgan fingerprint density at radius 2 is 2.06 bits per heavy atom. The molecule has 1 aromatic rings. The summed E-state index contributed by atoms with van der Waals surface area (Å²) in [6.45, 7) is 5.37. The molecule has 0 spiro atoms. The Labute approximate surface area is 110 Å². The maximum absolute atomic E-state index is 13.1. The molecule has 0 bridgehead atoms. The van der Waals surface area contributed by atoms with Crippen LogP contribution in [0.1, 0.15) is 44.7 Å². The topological polar surface area (TPSA) is 29.3 Å². The number of nitrogens with zero attached hydrogens (tertiary/aromatic N) is 1. The molecule has 0 aliphatic carbocycles. The maximum Gasteiger partial charge on any atom is 0.123 e. The summed E-state index contributed by atoms with van der Waals surface area (Å²) in [6, 6.07) is 7.08. The van der Waals surface area contributed by atoms with Crippen LogP contribution in [0.4, 0.5) is 4.39 Å². The molecule has 2 nitrogen and oxygen atoms in total. The molecule has 0 fully saturated rings. The van der Waals surface area contributed by atoms with E-state index < -0.39 is 0 Å². The summed E-state index contributed by atoms with van der Waals surface area (Å²) in [5.41, 5.74) is 6.97. The van der Waals surface area contributed by atoms with E-state index in [1.165, 1.54) is 25.0 Å². The molecular formula is C15H25FN2. The maximum atomic E-state index is 13.1. The van der Waals surface area contributed by atoms with E-state index >= 15 is 0 Å². The largest absolute Gasteiger partial charge is 0.324 e. The Morgan fingerprint density at radius 1 is 1.33 bits per heavy atom. The zero-order valence-corrected chi connectivity index (χ0v) is 11.7. The van der Waals surface area contributed by atoms with Crippen LogP contribution in [0, 0.1) is 5.82 Å². The minimum Gasteiger partial charge on any atom is -0.324 e. The molecule has 0 heterocycles. The van der Waals surface area contributed by atoms with Crippen LogP contribution < -0.4 is 5.73 Å². The zero-order chi connectivity index (χ0) is 13.5. The van der Waals surface area contributed by atoms with Gasteiger partial charge in [-0.3, -0.25) is 0 Å². The van der Waals surface area contributed by atoms with Crippen LogP contribution in [0.15, 0.2) is 24.3 Å². The molecule has 102 valence electrons. The molecule has 2 unspecified atom stereocenters. The fourth-order valence-corrected chi connectivity index (χ4v) is 2.11. The van der Waals surface area contributed by atoms with Crippen molar-refractivity contribution in [1.29, 1.82) is 0 Å². The Balaban J connectivity index is 2.43. The molecule has 18 heavy (non-hydrogen) atoms. The van der Waals surface area contributed by atoms with Gasteiger partial charge in [0.1, 0.15) is 5.82 Å². The second-order valence-corrected chi connectivity index (χ2v) is 5.07. The minimum atomic E-state index is -0.212. The molecule has 0 radical (unpaired) electrons. The first-order valence-electron chi connectivity index (χ1n) is 6.75. The van der Waals surface area contributed by atoms with Crippen molar-refractivity contribution in [2.75, 3.05) is 13.6 Å². The Hall–Kier alpha value is -0.930. The van der Waals surface area contributed by atoms with Crippen molar-refractivity contribution in [2.45, 2.75) is 45.2 Å². The molecule has 0 amide bonds. The fourth-order valence-electron chi connectivity index (χ4n) is 2.11. The zero-order valence-electron chi connectivity index (χ0n) is 11.7. The predicted octanol–water partition coefficient (Wildman–Crippen LogP) is 3.34. The van der Waals surface area contributed by atoms with Gasteiger partial charge in [-0.1, -0.05) is 25.5 Å². The van der Waals surface area contributed by atoms with Crippen molar-refractivity contribution in [3.63, 3.8) is 0 Å². The lowest BCUT2D eigenvalue weighted by molar-refractivity contribution is 0.236. The third kappa shape index (κ3) is 4.75. The quantitative estimate of drug-likeness (QED) is 0.806. The van der Waals surface area contributed by atoms with Crippen molar-refractivity contribution in [3.05, 3.63) is 35.6 Å². The van der Waals surface area contributed by atoms with Gasteiger partial charge in [-0.15, -0.1) is 0 Å². The lowest BCUT2D eigenvalue weighted by Crippen LogP contribution is -2.31. The fraction of sp³-hybridized carbons (Fsp3) is 0.600. The monoisotopic (exact) mass is 252 g/mol. The lowest BCUT2D eigenvalue weighted by atomic mass is 10.0. The number of benzene rings is 1. The van der Waals surface area contributed by atoms with Gasteiger partial charge in [0.25, 0.3) is 0 Å². The van der Waals surface area contributed by atoms with E-state index in [0.29, 0.717) is 6.04 Å². The van der Waals surface area contributed by atoms with Crippen molar-refractivity contribution in [3.8, 4) is 0 Å². The molecule has 3 heteroatoms. The average molecular weight is 252 g/mol. The number of hydrogen-bond donors (Lipinski definition) is 1. The summed E-state index contributed by atoms with van der Waals surface area (Å²) in [5.74, 6) is -0.212. The third-order valence-electron chi connectivity index (χ3n) is 3.53. The molecule has 1 aromatic carbocycles. The smallest absolute Gasteiger partial charge is 0.123 e. The van der Waals surface area contributed by atoms with Crippen LogP contribution in [-0.4, -0.2) is 24.5 Å². The first kappa shape index (κ1) is 15.1. The molecule has 0 aliphatic rings. The second kappa shape index (κ2) is 7.49. The molecule has 0 aliphatic heterocycles. The number of hydrogen-bond acceptors (Lipinski definition) is 2. The second-order valence-electron chi connectivity index (χ2n) is 5.07. The van der Waals surface area contributed by atoms with Gasteiger partial charge in [0.15, 0.2) is 0 Å². The van der Waals surface area contributed by atoms with Crippen LogP contribution in [-0.2, 0) is 0 Å². The van der Waals surface area contributed by atoms with Crippen molar-refractivity contribution < 1.29 is 4.39 Å². The molecular weight excluding hydrogens is 227 g/mol. The van der Waals surface area contributed by atoms with E-state index in [1.807, 2.05) is 6.07 Å². The highest BCUT2D eigenvalue weighted by molar-refractivity contribution is 5.19. The van der Waals surface area contributed by atoms with Gasteiger partial charge in [0, 0.05) is 12.1 Å². The van der Waals surface area contributed by atoms with E-state index in [2.05, 4.69) is 25.8 Å². The molecule has 2 atom stereocenters. The minimum absolute atomic E-state index is 0.0861. The van der Waals surface area contributed by atoms with Gasteiger partial charge in [-0.05, 0) is 51.1 Å². The first-order chi connectivity index (χ1) is 8.54. The third-order valence-corrected chi connectivity index (χ3v) is 3.53. The van der Waals surface area contributed by atoms with Gasteiger partial charge >= 0.3 is 0 Å². The van der Waals surface area contributed by atoms with E-state index in [0.717, 1.165) is 18.5 Å². The van der Waals surface area contributed by atoms with E-state index in [-0.39, 0.29) is 11.9 Å². The van der Waals surface area contributed by atoms with Crippen LogP contribution in [0.3, 0.4) is 0 Å². The van der Waals surface area contributed by atoms with Gasteiger partial charge in [-0.25, -0.2) is 4.39 Å². The summed E-state index contributed by atoms with van der Waals surface area (Å²) in [6.07, 6.45) is 3.25. The van der Waals surface area contributed by atoms with Gasteiger partial charge in [-0.2, -0.15) is 0 Å². The van der Waals surface area contributed by atoms with Gasteiger partial charge in [0.05, 0.1) is 0 Å². The summed E-state index contributed by atoms with van der Waals surface area (Å²) in [4.78, 5) is 2.32. The molecule has 0 saturated carbocycles. The predicted molar refractivity (Wildman–Crippen MR) is 74.9 cm³/mol. The summed E-state index contributed by atoms with van der Waals surface area (Å²) in [7, 11) is 2.12. The summed E-state index contributed by atoms with van der Waals surface area (Å²) < 4.78 is 13.1. The highest BCUT2D eigenvalue weighted by atomic mass is 19.1. The van der Waals surface area contributed by atoms with Gasteiger partial charge in [0.2, 0.25) is 0 Å². The lowest BCUT2D eigenvalue weighted by Gasteiger charge is -2.25. The number of halogens is 1. The van der Waals surface area contributed by atoms with E-state index in [9.17, 15) is 4.39 Å². The summed E-state index contributed by atoms with van der Waals surface area (Å²) in [5, 5.41) is 0. The molecule has 0 saturated heterocycles. The number of rotatable bonds is 7. The van der Waals surface area contributed by atoms with E-state index in [1.54, 1.807) is 6.07 Å². The first-order valence-corrected chi connectivity index (χ1v) is 6.75. The Kier molecular flexibility index (Phi) is 6.30. The van der Waals surface area contributed by atoms with Crippen LogP contribution in [0.25, 0.3) is 0 Å². The van der Waals surface area contributed by atoms with Crippen molar-refractivity contribution in [1.82, 2.24) is 4.90 Å². The van der Waals surface area contributed by atoms with Crippen molar-refractivity contribution in [2.24, 2.45) is 5.73 Å². The number of nitrogens with two attached hydrogens (primary N) is 1. The van der Waals surface area contributed by atoms with Gasteiger partial charge < -0.3 is 10.6 Å². The van der Waals surface area contributed by atoms with Crippen LogP contribution in [0.2, 0.25) is 0 Å². The van der Waals surface area contributed by atoms with Crippen molar-refractivity contribution >= 4 is 0 Å². The molecule has 0 aromatic heterocycles. The summed E-state index contributed by atoms with van der Waals surface area (Å²) >= 11 is 0.